The Morgan fingerprint density at radius 3 is 2.63 bits per heavy atom. The minimum atomic E-state index is -3.55. The molecule has 0 fully saturated rings. The molecule has 8 heteroatoms. The maximum Gasteiger partial charge on any atom is 0.243 e. The molecule has 0 bridgehead atoms. The fourth-order valence-corrected chi connectivity index (χ4v) is 2.98. The second-order valence-corrected chi connectivity index (χ2v) is 6.12. The highest BCUT2D eigenvalue weighted by Gasteiger charge is 2.26. The van der Waals surface area contributed by atoms with Gasteiger partial charge in [-0.25, -0.2) is 8.42 Å². The number of nitrogens with zero attached hydrogens (tertiary/aromatic N) is 1. The zero-order chi connectivity index (χ0) is 13.3. The van der Waals surface area contributed by atoms with Crippen LogP contribution >= 0.6 is 12.4 Å². The average molecular weight is 309 g/mol. The van der Waals surface area contributed by atoms with Crippen molar-refractivity contribution in [2.75, 3.05) is 20.4 Å². The Labute approximate surface area is 118 Å². The van der Waals surface area contributed by atoms with Crippen molar-refractivity contribution >= 4 is 22.4 Å². The third-order valence-electron chi connectivity index (χ3n) is 2.98. The summed E-state index contributed by atoms with van der Waals surface area (Å²) in [5, 5.41) is 0. The zero-order valence-corrected chi connectivity index (χ0v) is 12.3. The summed E-state index contributed by atoms with van der Waals surface area (Å²) in [6.07, 6.45) is 0. The van der Waals surface area contributed by atoms with E-state index in [1.54, 1.807) is 13.0 Å². The number of hydrogen-bond donors (Lipinski definition) is 1. The van der Waals surface area contributed by atoms with Crippen LogP contribution in [0.4, 0.5) is 0 Å². The summed E-state index contributed by atoms with van der Waals surface area (Å²) in [7, 11) is -2.04. The van der Waals surface area contributed by atoms with Crippen LogP contribution in [0, 0.1) is 0 Å². The lowest BCUT2D eigenvalue weighted by atomic mass is 10.3. The molecule has 6 nitrogen and oxygen atoms in total. The number of fused-ring (bicyclic) bond motifs is 1. The molecule has 1 aromatic carbocycles. The molecule has 1 aliphatic rings. The maximum atomic E-state index is 12.3. The number of halogens is 1. The lowest BCUT2D eigenvalue weighted by Gasteiger charge is -2.23. The monoisotopic (exact) mass is 308 g/mol. The second-order valence-electron chi connectivity index (χ2n) is 4.12. The van der Waals surface area contributed by atoms with Crippen molar-refractivity contribution < 1.29 is 17.9 Å². The van der Waals surface area contributed by atoms with Crippen molar-refractivity contribution in [3.8, 4) is 11.5 Å². The minimum absolute atomic E-state index is 0. The van der Waals surface area contributed by atoms with Gasteiger partial charge in [0, 0.05) is 25.7 Å². The molecule has 0 amide bonds. The van der Waals surface area contributed by atoms with Crippen LogP contribution in [0.2, 0.25) is 0 Å². The van der Waals surface area contributed by atoms with Gasteiger partial charge < -0.3 is 15.2 Å². The summed E-state index contributed by atoms with van der Waals surface area (Å²) in [5.41, 5.74) is 5.49. The predicted octanol–water partition coefficient (Wildman–Crippen LogP) is 0.805. The highest BCUT2D eigenvalue weighted by atomic mass is 35.5. The predicted molar refractivity (Wildman–Crippen MR) is 73.3 cm³/mol. The van der Waals surface area contributed by atoms with E-state index < -0.39 is 10.0 Å². The van der Waals surface area contributed by atoms with E-state index in [2.05, 4.69) is 0 Å². The van der Waals surface area contributed by atoms with Gasteiger partial charge in [0.15, 0.2) is 11.5 Å². The summed E-state index contributed by atoms with van der Waals surface area (Å²) in [5.74, 6) is 1.01. The molecule has 0 saturated carbocycles. The second kappa shape index (κ2) is 5.96. The molecule has 2 N–H and O–H groups in total. The highest BCUT2D eigenvalue weighted by Crippen LogP contribution is 2.34. The Bertz CT molecular complexity index is 550. The van der Waals surface area contributed by atoms with Gasteiger partial charge in [-0.15, -0.1) is 12.4 Å². The van der Waals surface area contributed by atoms with Crippen molar-refractivity contribution in [2.24, 2.45) is 5.73 Å². The summed E-state index contributed by atoms with van der Waals surface area (Å²) in [4.78, 5) is 0.176. The Morgan fingerprint density at radius 1 is 1.37 bits per heavy atom. The number of rotatable bonds is 4. The van der Waals surface area contributed by atoms with Crippen molar-refractivity contribution in [1.82, 2.24) is 4.31 Å². The van der Waals surface area contributed by atoms with Crippen molar-refractivity contribution in [1.29, 1.82) is 0 Å². The van der Waals surface area contributed by atoms with Gasteiger partial charge in [0.1, 0.15) is 0 Å². The first-order chi connectivity index (χ1) is 8.46. The largest absolute Gasteiger partial charge is 0.454 e. The van der Waals surface area contributed by atoms with Gasteiger partial charge in [-0.3, -0.25) is 0 Å². The van der Waals surface area contributed by atoms with E-state index in [0.29, 0.717) is 11.5 Å². The fraction of sp³-hybridized carbons (Fsp3) is 0.455. The molecule has 108 valence electrons. The van der Waals surface area contributed by atoms with Crippen molar-refractivity contribution in [2.45, 2.75) is 17.9 Å². The molecular formula is C11H17ClN2O4S. The molecule has 0 aliphatic carbocycles. The standard InChI is InChI=1S/C11H16N2O4S.ClH/c1-8(6-12)13(2)18(14,15)9-3-4-10-11(5-9)17-7-16-10;/h3-5,8H,6-7,12H2,1-2H3;1H. The van der Waals surface area contributed by atoms with E-state index in [0.717, 1.165) is 0 Å². The first kappa shape index (κ1) is 16.0. The molecule has 0 spiro atoms. The van der Waals surface area contributed by atoms with Crippen LogP contribution in [-0.4, -0.2) is 39.2 Å². The van der Waals surface area contributed by atoms with Gasteiger partial charge in [-0.2, -0.15) is 4.31 Å². The molecule has 1 atom stereocenters. The molecular weight excluding hydrogens is 292 g/mol. The first-order valence-electron chi connectivity index (χ1n) is 5.54. The third-order valence-corrected chi connectivity index (χ3v) is 4.95. The van der Waals surface area contributed by atoms with E-state index in [4.69, 9.17) is 15.2 Å². The number of hydrogen-bond acceptors (Lipinski definition) is 5. The highest BCUT2D eigenvalue weighted by molar-refractivity contribution is 7.89. The molecule has 1 aliphatic heterocycles. The third kappa shape index (κ3) is 2.94. The van der Waals surface area contributed by atoms with Crippen LogP contribution < -0.4 is 15.2 Å². The Kier molecular flexibility index (Phi) is 5.03. The van der Waals surface area contributed by atoms with Crippen LogP contribution in [0.5, 0.6) is 11.5 Å². The molecule has 19 heavy (non-hydrogen) atoms. The Hall–Kier alpha value is -1.02. The van der Waals surface area contributed by atoms with Crippen LogP contribution in [0.3, 0.4) is 0 Å². The fourth-order valence-electron chi connectivity index (χ4n) is 1.59. The molecule has 2 rings (SSSR count). The lowest BCUT2D eigenvalue weighted by molar-refractivity contribution is 0.174. The van der Waals surface area contributed by atoms with Gasteiger partial charge in [-0.1, -0.05) is 0 Å². The molecule has 1 heterocycles. The van der Waals surface area contributed by atoms with Crippen LogP contribution in [0.15, 0.2) is 23.1 Å². The lowest BCUT2D eigenvalue weighted by Crippen LogP contribution is -2.39. The maximum absolute atomic E-state index is 12.3. The van der Waals surface area contributed by atoms with Gasteiger partial charge in [0.25, 0.3) is 0 Å². The topological polar surface area (TPSA) is 81.9 Å². The van der Waals surface area contributed by atoms with E-state index in [9.17, 15) is 8.42 Å². The molecule has 0 radical (unpaired) electrons. The van der Waals surface area contributed by atoms with Gasteiger partial charge in [0.2, 0.25) is 16.8 Å². The van der Waals surface area contributed by atoms with Crippen molar-refractivity contribution in [3.63, 3.8) is 0 Å². The van der Waals surface area contributed by atoms with E-state index in [-0.39, 0.29) is 36.7 Å². The summed E-state index contributed by atoms with van der Waals surface area (Å²) in [6.45, 7) is 2.14. The normalized spacial score (nSPS) is 15.2. The minimum Gasteiger partial charge on any atom is -0.454 e. The number of benzene rings is 1. The number of likely N-dealkylation sites (N-methyl/N-ethyl adjacent to an activating group) is 1. The number of nitrogens with two attached hydrogens (primary N) is 1. The van der Waals surface area contributed by atoms with E-state index in [1.807, 2.05) is 0 Å². The molecule has 0 aromatic heterocycles. The molecule has 1 unspecified atom stereocenters. The van der Waals surface area contributed by atoms with Gasteiger partial charge in [0.05, 0.1) is 4.90 Å². The number of ether oxygens (including phenoxy) is 2. The first-order valence-corrected chi connectivity index (χ1v) is 6.98. The van der Waals surface area contributed by atoms with Gasteiger partial charge in [-0.05, 0) is 19.1 Å². The SMILES string of the molecule is CC(CN)N(C)S(=O)(=O)c1ccc2c(c1)OCO2.Cl. The van der Waals surface area contributed by atoms with Gasteiger partial charge >= 0.3 is 0 Å². The number of sulfonamides is 1. The van der Waals surface area contributed by atoms with Crippen molar-refractivity contribution in [3.05, 3.63) is 18.2 Å². The smallest absolute Gasteiger partial charge is 0.243 e. The quantitative estimate of drug-likeness (QED) is 0.890. The van der Waals surface area contributed by atoms with Crippen LogP contribution in [0.1, 0.15) is 6.92 Å². The summed E-state index contributed by atoms with van der Waals surface area (Å²) in [6, 6.07) is 4.30. The molecule has 1 aromatic rings. The van der Waals surface area contributed by atoms with Crippen LogP contribution in [-0.2, 0) is 10.0 Å². The zero-order valence-electron chi connectivity index (χ0n) is 10.7. The summed E-state index contributed by atoms with van der Waals surface area (Å²) >= 11 is 0. The van der Waals surface area contributed by atoms with E-state index in [1.165, 1.54) is 23.5 Å². The van der Waals surface area contributed by atoms with Crippen LogP contribution in [0.25, 0.3) is 0 Å². The summed E-state index contributed by atoms with van der Waals surface area (Å²) < 4.78 is 36.2. The molecule has 0 saturated heterocycles. The van der Waals surface area contributed by atoms with E-state index >= 15 is 0 Å². The Balaban J connectivity index is 0.00000180. The average Bonchev–Trinajstić information content (AvgIpc) is 2.83. The Morgan fingerprint density at radius 2 is 2.00 bits per heavy atom.